The standard InChI is InChI=1S/C6H12N2/c7-6-4-8-2-1-5(6)3-8/h5-6H,1-4,7H2/t5-,6-/m0/s1. The second-order valence-corrected chi connectivity index (χ2v) is 2.97. The van der Waals surface area contributed by atoms with Crippen LogP contribution >= 0.6 is 0 Å². The van der Waals surface area contributed by atoms with E-state index < -0.39 is 0 Å². The molecule has 8 heavy (non-hydrogen) atoms. The molecule has 2 heteroatoms. The van der Waals surface area contributed by atoms with E-state index in [-0.39, 0.29) is 0 Å². The van der Waals surface area contributed by atoms with Gasteiger partial charge in [-0.3, -0.25) is 0 Å². The molecule has 2 heterocycles. The number of nitrogens with zero attached hydrogens (tertiary/aromatic N) is 1. The minimum Gasteiger partial charge on any atom is -0.326 e. The predicted octanol–water partition coefficient (Wildman–Crippen LogP) is -0.351. The van der Waals surface area contributed by atoms with Crippen LogP contribution in [0.25, 0.3) is 0 Å². The van der Waals surface area contributed by atoms with Crippen molar-refractivity contribution in [2.24, 2.45) is 11.7 Å². The lowest BCUT2D eigenvalue weighted by molar-refractivity contribution is 0.346. The van der Waals surface area contributed by atoms with E-state index in [1.807, 2.05) is 0 Å². The van der Waals surface area contributed by atoms with Crippen molar-refractivity contribution in [3.8, 4) is 0 Å². The molecule has 0 amide bonds. The fourth-order valence-electron chi connectivity index (χ4n) is 1.83. The Hall–Kier alpha value is -0.0800. The fraction of sp³-hybridized carbons (Fsp3) is 1.00. The second kappa shape index (κ2) is 1.45. The maximum absolute atomic E-state index is 5.78. The molecule has 2 aliphatic heterocycles. The van der Waals surface area contributed by atoms with Crippen molar-refractivity contribution in [3.05, 3.63) is 0 Å². The molecule has 2 saturated heterocycles. The molecule has 0 spiro atoms. The highest BCUT2D eigenvalue weighted by Crippen LogP contribution is 2.25. The van der Waals surface area contributed by atoms with E-state index in [4.69, 9.17) is 5.73 Å². The van der Waals surface area contributed by atoms with E-state index >= 15 is 0 Å². The third kappa shape index (κ3) is 0.501. The molecule has 2 aliphatic rings. The molecule has 46 valence electrons. The van der Waals surface area contributed by atoms with Gasteiger partial charge in [-0.2, -0.15) is 0 Å². The minimum absolute atomic E-state index is 0.503. The topological polar surface area (TPSA) is 29.3 Å². The van der Waals surface area contributed by atoms with E-state index in [0.29, 0.717) is 6.04 Å². The lowest BCUT2D eigenvalue weighted by atomic mass is 10.0. The SMILES string of the molecule is N[C@H]1CN2CC[C@H]1C2. The van der Waals surface area contributed by atoms with Crippen LogP contribution in [0.15, 0.2) is 0 Å². The van der Waals surface area contributed by atoms with Crippen LogP contribution in [0.3, 0.4) is 0 Å². The predicted molar refractivity (Wildman–Crippen MR) is 32.5 cm³/mol. The van der Waals surface area contributed by atoms with Gasteiger partial charge in [0, 0.05) is 19.1 Å². The van der Waals surface area contributed by atoms with Gasteiger partial charge in [-0.25, -0.2) is 0 Å². The van der Waals surface area contributed by atoms with Crippen LogP contribution in [0.4, 0.5) is 0 Å². The van der Waals surface area contributed by atoms with Gasteiger partial charge in [0.1, 0.15) is 0 Å². The molecule has 0 aromatic carbocycles. The molecule has 3 atom stereocenters. The number of hydrogen-bond acceptors (Lipinski definition) is 2. The summed E-state index contributed by atoms with van der Waals surface area (Å²) >= 11 is 0. The molecular weight excluding hydrogens is 100 g/mol. The van der Waals surface area contributed by atoms with Crippen molar-refractivity contribution in [1.82, 2.24) is 4.90 Å². The Balaban J connectivity index is 2.11. The monoisotopic (exact) mass is 112 g/mol. The molecule has 2 nitrogen and oxygen atoms in total. The highest BCUT2D eigenvalue weighted by molar-refractivity contribution is 4.92. The number of fused-ring (bicyclic) bond motifs is 2. The normalized spacial score (nSPS) is 52.9. The highest BCUT2D eigenvalue weighted by atomic mass is 15.2. The quantitative estimate of drug-likeness (QED) is 0.464. The maximum Gasteiger partial charge on any atom is 0.0209 e. The van der Waals surface area contributed by atoms with Gasteiger partial charge in [-0.15, -0.1) is 0 Å². The third-order valence-corrected chi connectivity index (χ3v) is 2.38. The van der Waals surface area contributed by atoms with Crippen molar-refractivity contribution >= 4 is 0 Å². The molecule has 0 aliphatic carbocycles. The fourth-order valence-corrected chi connectivity index (χ4v) is 1.83. The Morgan fingerprint density at radius 1 is 1.38 bits per heavy atom. The summed E-state index contributed by atoms with van der Waals surface area (Å²) in [6, 6.07) is 0.503. The van der Waals surface area contributed by atoms with Crippen molar-refractivity contribution in [3.63, 3.8) is 0 Å². The Kier molecular flexibility index (Phi) is 0.866. The first-order chi connectivity index (χ1) is 3.86. The van der Waals surface area contributed by atoms with Crippen LogP contribution in [0.1, 0.15) is 6.42 Å². The van der Waals surface area contributed by atoms with Gasteiger partial charge in [-0.1, -0.05) is 0 Å². The van der Waals surface area contributed by atoms with Crippen molar-refractivity contribution in [2.75, 3.05) is 19.6 Å². The second-order valence-electron chi connectivity index (χ2n) is 2.97. The molecule has 0 saturated carbocycles. The third-order valence-electron chi connectivity index (χ3n) is 2.38. The minimum atomic E-state index is 0.503. The number of rotatable bonds is 0. The van der Waals surface area contributed by atoms with E-state index in [1.54, 1.807) is 0 Å². The van der Waals surface area contributed by atoms with Crippen LogP contribution < -0.4 is 5.73 Å². The van der Waals surface area contributed by atoms with Gasteiger partial charge in [0.2, 0.25) is 0 Å². The lowest BCUT2D eigenvalue weighted by Gasteiger charge is -2.16. The van der Waals surface area contributed by atoms with Crippen LogP contribution in [0, 0.1) is 5.92 Å². The summed E-state index contributed by atoms with van der Waals surface area (Å²) in [7, 11) is 0. The van der Waals surface area contributed by atoms with Gasteiger partial charge in [-0.05, 0) is 18.9 Å². The summed E-state index contributed by atoms with van der Waals surface area (Å²) in [6.07, 6.45) is 1.35. The smallest absolute Gasteiger partial charge is 0.0209 e. The summed E-state index contributed by atoms with van der Waals surface area (Å²) in [4.78, 5) is 2.45. The van der Waals surface area contributed by atoms with Crippen LogP contribution in [0.2, 0.25) is 0 Å². The summed E-state index contributed by atoms with van der Waals surface area (Å²) in [6.45, 7) is 3.74. The molecule has 0 aromatic heterocycles. The molecule has 1 unspecified atom stereocenters. The van der Waals surface area contributed by atoms with Crippen molar-refractivity contribution < 1.29 is 0 Å². The lowest BCUT2D eigenvalue weighted by Crippen LogP contribution is -2.34. The summed E-state index contributed by atoms with van der Waals surface area (Å²) < 4.78 is 0. The molecule has 2 rings (SSSR count). The van der Waals surface area contributed by atoms with Crippen LogP contribution in [-0.2, 0) is 0 Å². The maximum atomic E-state index is 5.78. The van der Waals surface area contributed by atoms with Gasteiger partial charge in [0.05, 0.1) is 0 Å². The average Bonchev–Trinajstić information content (AvgIpc) is 2.23. The summed E-state index contributed by atoms with van der Waals surface area (Å²) in [5.41, 5.74) is 5.78. The van der Waals surface area contributed by atoms with Gasteiger partial charge in [0.15, 0.2) is 0 Å². The van der Waals surface area contributed by atoms with Gasteiger partial charge in [0.25, 0.3) is 0 Å². The van der Waals surface area contributed by atoms with Crippen LogP contribution in [-0.4, -0.2) is 30.6 Å². The van der Waals surface area contributed by atoms with E-state index in [9.17, 15) is 0 Å². The number of nitrogens with two attached hydrogens (primary N) is 1. The first-order valence-corrected chi connectivity index (χ1v) is 3.34. The van der Waals surface area contributed by atoms with Gasteiger partial charge < -0.3 is 10.6 Å². The van der Waals surface area contributed by atoms with E-state index in [2.05, 4.69) is 4.90 Å². The Morgan fingerprint density at radius 2 is 2.25 bits per heavy atom. The largest absolute Gasteiger partial charge is 0.326 e. The highest BCUT2D eigenvalue weighted by Gasteiger charge is 2.35. The molecule has 2 N–H and O–H groups in total. The summed E-state index contributed by atoms with van der Waals surface area (Å²) in [5, 5.41) is 0. The molecule has 0 aromatic rings. The molecule has 2 bridgehead atoms. The zero-order valence-electron chi connectivity index (χ0n) is 5.01. The molecule has 0 radical (unpaired) electrons. The van der Waals surface area contributed by atoms with Crippen molar-refractivity contribution in [2.45, 2.75) is 12.5 Å². The Morgan fingerprint density at radius 3 is 2.50 bits per heavy atom. The molecule has 2 fully saturated rings. The Labute approximate surface area is 49.7 Å². The van der Waals surface area contributed by atoms with E-state index in [0.717, 1.165) is 12.5 Å². The zero-order chi connectivity index (χ0) is 5.56. The molecular formula is C6H12N2. The number of hydrogen-bond donors (Lipinski definition) is 1. The first kappa shape index (κ1) is 4.77. The first-order valence-electron chi connectivity index (χ1n) is 3.34. The Bertz CT molecular complexity index is 101. The number of piperidine rings is 1. The van der Waals surface area contributed by atoms with Crippen LogP contribution in [0.5, 0.6) is 0 Å². The van der Waals surface area contributed by atoms with Crippen molar-refractivity contribution in [1.29, 1.82) is 0 Å². The zero-order valence-corrected chi connectivity index (χ0v) is 5.01. The average molecular weight is 112 g/mol. The summed E-state index contributed by atoms with van der Waals surface area (Å²) in [5.74, 6) is 0.843. The van der Waals surface area contributed by atoms with E-state index in [1.165, 1.54) is 19.5 Å². The van der Waals surface area contributed by atoms with Gasteiger partial charge >= 0.3 is 0 Å².